The summed E-state index contributed by atoms with van der Waals surface area (Å²) in [6.45, 7) is 0.497. The first-order valence-corrected chi connectivity index (χ1v) is 14.4. The highest BCUT2D eigenvalue weighted by Gasteiger charge is 2.41. The first-order chi connectivity index (χ1) is 21.6. The fraction of sp³-hybridized carbons (Fsp3) is 0.200. The van der Waals surface area contributed by atoms with E-state index < -0.39 is 29.4 Å². The maximum absolute atomic E-state index is 14.0. The Labute approximate surface area is 259 Å². The number of hydrogen-bond donors (Lipinski definition) is 7. The van der Waals surface area contributed by atoms with Gasteiger partial charge in [0.2, 0.25) is 11.8 Å². The number of hydrogen-bond acceptors (Lipinski definition) is 8. The van der Waals surface area contributed by atoms with Crippen LogP contribution in [0.1, 0.15) is 33.7 Å². The number of amides is 2. The van der Waals surface area contributed by atoms with E-state index in [9.17, 15) is 35.1 Å². The van der Waals surface area contributed by atoms with Gasteiger partial charge in [-0.2, -0.15) is 0 Å². The molecule has 0 aliphatic heterocycles. The molecule has 0 aromatic heterocycles. The molecule has 4 aromatic rings. The molecule has 2 amide bonds. The van der Waals surface area contributed by atoms with Gasteiger partial charge in [-0.1, -0.05) is 30.3 Å². The molecule has 1 aliphatic rings. The lowest BCUT2D eigenvalue weighted by molar-refractivity contribution is -0.127. The smallest absolute Gasteiger partial charge is 0.248 e. The van der Waals surface area contributed by atoms with Crippen LogP contribution in [-0.4, -0.2) is 57.5 Å². The maximum Gasteiger partial charge on any atom is 0.248 e. The van der Waals surface area contributed by atoms with Crippen LogP contribution >= 0.6 is 0 Å². The Kier molecular flexibility index (Phi) is 9.13. The maximum atomic E-state index is 14.0. The van der Waals surface area contributed by atoms with Gasteiger partial charge in [-0.15, -0.1) is 0 Å². The molecule has 0 radical (unpaired) electrons. The molecule has 1 aliphatic carbocycles. The van der Waals surface area contributed by atoms with Gasteiger partial charge in [0.25, 0.3) is 0 Å². The standard InChI is InChI=1S/C35H34N2O8/c1-45-31-18-23-16-27(34(43)36-14-12-20-2-7-24(38)8-3-20)33(35(44)37-15-13-21-4-9-25(39)10-5-21)32(26(23)19-30(31)42)22-6-11-28(40)29(41)17-22/h2-11,16-19,32-33,38-42H,12-15H2,1H3,(H,36,43)(H,37,44)/t32-,33-/m0/s1. The molecule has 10 heteroatoms. The summed E-state index contributed by atoms with van der Waals surface area (Å²) in [5.74, 6) is -3.28. The zero-order valence-corrected chi connectivity index (χ0v) is 24.5. The van der Waals surface area contributed by atoms with Crippen molar-refractivity contribution in [3.8, 4) is 34.5 Å². The fourth-order valence-electron chi connectivity index (χ4n) is 5.57. The molecular formula is C35H34N2O8. The molecule has 4 aromatic carbocycles. The second-order valence-corrected chi connectivity index (χ2v) is 10.8. The summed E-state index contributed by atoms with van der Waals surface area (Å²) < 4.78 is 5.32. The molecule has 2 atom stereocenters. The fourth-order valence-corrected chi connectivity index (χ4v) is 5.57. The SMILES string of the molecule is COc1cc2c(cc1O)[C@H](c1ccc(O)c(O)c1)[C@@H](C(=O)NCCc1ccc(O)cc1)C(C(=O)NCCc1ccc(O)cc1)=C2. The first kappa shape index (κ1) is 30.8. The van der Waals surface area contributed by atoms with E-state index >= 15 is 0 Å². The van der Waals surface area contributed by atoms with Crippen molar-refractivity contribution < 1.29 is 39.9 Å². The molecule has 0 bridgehead atoms. The van der Waals surface area contributed by atoms with Gasteiger partial charge in [0.05, 0.1) is 13.0 Å². The monoisotopic (exact) mass is 610 g/mol. The normalized spacial score (nSPS) is 15.4. The number of benzene rings is 4. The molecule has 10 nitrogen and oxygen atoms in total. The summed E-state index contributed by atoms with van der Waals surface area (Å²) >= 11 is 0. The van der Waals surface area contributed by atoms with Gasteiger partial charge in [0.15, 0.2) is 23.0 Å². The van der Waals surface area contributed by atoms with E-state index in [1.807, 2.05) is 0 Å². The topological polar surface area (TPSA) is 169 Å². The van der Waals surface area contributed by atoms with Crippen molar-refractivity contribution in [2.75, 3.05) is 20.2 Å². The van der Waals surface area contributed by atoms with Crippen LogP contribution in [0.4, 0.5) is 0 Å². The summed E-state index contributed by atoms with van der Waals surface area (Å²) in [6.07, 6.45) is 2.56. The van der Waals surface area contributed by atoms with Gasteiger partial charge in [-0.25, -0.2) is 0 Å². The van der Waals surface area contributed by atoms with Crippen molar-refractivity contribution in [2.45, 2.75) is 18.8 Å². The van der Waals surface area contributed by atoms with Crippen LogP contribution in [-0.2, 0) is 22.4 Å². The van der Waals surface area contributed by atoms with Crippen molar-refractivity contribution in [1.82, 2.24) is 10.6 Å². The van der Waals surface area contributed by atoms with Crippen LogP contribution in [0, 0.1) is 5.92 Å². The van der Waals surface area contributed by atoms with Crippen molar-refractivity contribution in [1.29, 1.82) is 0 Å². The Balaban J connectivity index is 1.51. The van der Waals surface area contributed by atoms with Gasteiger partial charge < -0.3 is 40.9 Å². The third-order valence-corrected chi connectivity index (χ3v) is 7.89. The summed E-state index contributed by atoms with van der Waals surface area (Å²) in [6, 6.07) is 20.6. The number of aromatic hydroxyl groups is 5. The molecule has 0 saturated heterocycles. The third kappa shape index (κ3) is 6.96. The lowest BCUT2D eigenvalue weighted by atomic mass is 9.70. The summed E-state index contributed by atoms with van der Waals surface area (Å²) in [5.41, 5.74) is 3.47. The number of fused-ring (bicyclic) bond motifs is 1. The number of carbonyl (C=O) groups is 2. The Hall–Kier alpha value is -5.64. The zero-order chi connectivity index (χ0) is 32.1. The molecular weight excluding hydrogens is 576 g/mol. The zero-order valence-electron chi connectivity index (χ0n) is 24.5. The van der Waals surface area contributed by atoms with E-state index in [1.165, 1.54) is 25.3 Å². The van der Waals surface area contributed by atoms with Crippen LogP contribution in [0.15, 0.2) is 84.4 Å². The van der Waals surface area contributed by atoms with Crippen LogP contribution in [0.2, 0.25) is 0 Å². The molecule has 0 saturated carbocycles. The number of rotatable bonds is 10. The minimum Gasteiger partial charge on any atom is -0.508 e. The van der Waals surface area contributed by atoms with E-state index in [1.54, 1.807) is 66.7 Å². The van der Waals surface area contributed by atoms with Crippen molar-refractivity contribution in [3.63, 3.8) is 0 Å². The second-order valence-electron chi connectivity index (χ2n) is 10.8. The number of phenols is 5. The number of ether oxygens (including phenoxy) is 1. The van der Waals surface area contributed by atoms with E-state index in [4.69, 9.17) is 4.74 Å². The highest BCUT2D eigenvalue weighted by molar-refractivity contribution is 6.06. The van der Waals surface area contributed by atoms with E-state index in [2.05, 4.69) is 10.6 Å². The molecule has 232 valence electrons. The lowest BCUT2D eigenvalue weighted by Gasteiger charge is -2.34. The Morgan fingerprint density at radius 1 is 0.711 bits per heavy atom. The highest BCUT2D eigenvalue weighted by atomic mass is 16.5. The number of methoxy groups -OCH3 is 1. The quantitative estimate of drug-likeness (QED) is 0.132. The van der Waals surface area contributed by atoms with Gasteiger partial charge in [0.1, 0.15) is 11.5 Å². The van der Waals surface area contributed by atoms with E-state index in [-0.39, 0.29) is 47.4 Å². The van der Waals surface area contributed by atoms with E-state index in [0.29, 0.717) is 29.5 Å². The summed E-state index contributed by atoms with van der Waals surface area (Å²) in [7, 11) is 1.41. The molecule has 0 spiro atoms. The Bertz CT molecular complexity index is 1730. The summed E-state index contributed by atoms with van der Waals surface area (Å²) in [4.78, 5) is 27.9. The Morgan fingerprint density at radius 3 is 1.89 bits per heavy atom. The minimum atomic E-state index is -1.08. The van der Waals surface area contributed by atoms with Gasteiger partial charge >= 0.3 is 0 Å². The molecule has 0 heterocycles. The van der Waals surface area contributed by atoms with Crippen molar-refractivity contribution in [2.24, 2.45) is 5.92 Å². The lowest BCUT2D eigenvalue weighted by Crippen LogP contribution is -2.42. The van der Waals surface area contributed by atoms with Crippen LogP contribution in [0.3, 0.4) is 0 Å². The van der Waals surface area contributed by atoms with Crippen LogP contribution < -0.4 is 15.4 Å². The van der Waals surface area contributed by atoms with Gasteiger partial charge in [-0.05, 0) is 95.3 Å². The number of carbonyl (C=O) groups excluding carboxylic acids is 2. The highest BCUT2D eigenvalue weighted by Crippen LogP contribution is 2.47. The number of phenolic OH excluding ortho intramolecular Hbond substituents is 5. The predicted molar refractivity (Wildman–Crippen MR) is 167 cm³/mol. The predicted octanol–water partition coefficient (Wildman–Crippen LogP) is 4.09. The molecule has 7 N–H and O–H groups in total. The third-order valence-electron chi connectivity index (χ3n) is 7.89. The molecule has 0 fully saturated rings. The van der Waals surface area contributed by atoms with Crippen LogP contribution in [0.25, 0.3) is 6.08 Å². The second kappa shape index (κ2) is 13.3. The first-order valence-electron chi connectivity index (χ1n) is 14.4. The van der Waals surface area contributed by atoms with Gasteiger partial charge in [0, 0.05) is 24.6 Å². The molecule has 45 heavy (non-hydrogen) atoms. The van der Waals surface area contributed by atoms with Crippen molar-refractivity contribution in [3.05, 3.63) is 112 Å². The minimum absolute atomic E-state index is 0.134. The van der Waals surface area contributed by atoms with Gasteiger partial charge in [-0.3, -0.25) is 9.59 Å². The summed E-state index contributed by atoms with van der Waals surface area (Å²) in [5, 5.41) is 56.1. The molecule has 0 unspecified atom stereocenters. The number of nitrogens with one attached hydrogen (secondary N) is 2. The average molecular weight is 611 g/mol. The average Bonchev–Trinajstić information content (AvgIpc) is 3.03. The van der Waals surface area contributed by atoms with Crippen LogP contribution in [0.5, 0.6) is 34.5 Å². The van der Waals surface area contributed by atoms with Crippen molar-refractivity contribution >= 4 is 17.9 Å². The Morgan fingerprint density at radius 2 is 1.31 bits per heavy atom. The molecule has 5 rings (SSSR count). The largest absolute Gasteiger partial charge is 0.508 e. The van der Waals surface area contributed by atoms with E-state index in [0.717, 1.165) is 11.1 Å².